The van der Waals surface area contributed by atoms with Crippen molar-refractivity contribution in [3.8, 4) is 0 Å². The monoisotopic (exact) mass is 368 g/mol. The van der Waals surface area contributed by atoms with Gasteiger partial charge in [0.2, 0.25) is 5.91 Å². The first-order chi connectivity index (χ1) is 10.7. The first-order valence-electron chi connectivity index (χ1n) is 7.85. The average Bonchev–Trinajstić information content (AvgIpc) is 2.53. The number of carbonyl (C=O) groups is 1. The van der Waals surface area contributed by atoms with Crippen LogP contribution in [0.3, 0.4) is 0 Å². The van der Waals surface area contributed by atoms with Crippen LogP contribution in [-0.4, -0.2) is 39.3 Å². The van der Waals surface area contributed by atoms with Crippen LogP contribution in [0, 0.1) is 5.41 Å². The SMILES string of the molecule is COCC1(CNC(=O)CCc2ccccc2Br)CCNCC1. The van der Waals surface area contributed by atoms with E-state index in [1.807, 2.05) is 18.2 Å². The van der Waals surface area contributed by atoms with E-state index in [4.69, 9.17) is 4.74 Å². The van der Waals surface area contributed by atoms with Crippen LogP contribution >= 0.6 is 15.9 Å². The Hall–Kier alpha value is -0.910. The average molecular weight is 369 g/mol. The molecule has 2 rings (SSSR count). The van der Waals surface area contributed by atoms with Crippen LogP contribution in [0.2, 0.25) is 0 Å². The second kappa shape index (κ2) is 8.65. The fourth-order valence-corrected chi connectivity index (χ4v) is 3.44. The summed E-state index contributed by atoms with van der Waals surface area (Å²) in [6, 6.07) is 8.05. The Morgan fingerprint density at radius 2 is 2.09 bits per heavy atom. The molecule has 1 fully saturated rings. The molecule has 0 spiro atoms. The third-order valence-corrected chi connectivity index (χ3v) is 5.13. The van der Waals surface area contributed by atoms with Crippen LogP contribution in [0.4, 0.5) is 0 Å². The van der Waals surface area contributed by atoms with Gasteiger partial charge < -0.3 is 15.4 Å². The number of ether oxygens (including phenoxy) is 1. The zero-order chi connectivity index (χ0) is 15.8. The van der Waals surface area contributed by atoms with Crippen LogP contribution in [0.15, 0.2) is 28.7 Å². The van der Waals surface area contributed by atoms with E-state index >= 15 is 0 Å². The van der Waals surface area contributed by atoms with Gasteiger partial charge in [-0.2, -0.15) is 0 Å². The van der Waals surface area contributed by atoms with E-state index in [0.717, 1.165) is 36.8 Å². The van der Waals surface area contributed by atoms with E-state index in [9.17, 15) is 4.79 Å². The van der Waals surface area contributed by atoms with Gasteiger partial charge in [0.15, 0.2) is 0 Å². The standard InChI is InChI=1S/C17H25BrN2O2/c1-22-13-17(8-10-19-11-9-17)12-20-16(21)7-6-14-4-2-3-5-15(14)18/h2-5,19H,6-13H2,1H3,(H,20,21). The van der Waals surface area contributed by atoms with Crippen molar-refractivity contribution in [2.45, 2.75) is 25.7 Å². The summed E-state index contributed by atoms with van der Waals surface area (Å²) >= 11 is 3.52. The van der Waals surface area contributed by atoms with Crippen molar-refractivity contribution in [1.29, 1.82) is 0 Å². The third-order valence-electron chi connectivity index (χ3n) is 4.35. The Balaban J connectivity index is 1.80. The number of carbonyl (C=O) groups excluding carboxylic acids is 1. The number of nitrogens with one attached hydrogen (secondary N) is 2. The molecule has 0 aromatic heterocycles. The van der Waals surface area contributed by atoms with Crippen molar-refractivity contribution in [2.24, 2.45) is 5.41 Å². The van der Waals surface area contributed by atoms with Gasteiger partial charge in [-0.1, -0.05) is 34.1 Å². The quantitative estimate of drug-likeness (QED) is 0.777. The molecule has 22 heavy (non-hydrogen) atoms. The summed E-state index contributed by atoms with van der Waals surface area (Å²) in [4.78, 5) is 12.1. The number of hydrogen-bond acceptors (Lipinski definition) is 3. The van der Waals surface area contributed by atoms with Crippen LogP contribution in [0.25, 0.3) is 0 Å². The minimum atomic E-state index is 0.0863. The normalized spacial score (nSPS) is 17.2. The number of hydrogen-bond donors (Lipinski definition) is 2. The number of benzene rings is 1. The van der Waals surface area contributed by atoms with E-state index < -0.39 is 0 Å². The fraction of sp³-hybridized carbons (Fsp3) is 0.588. The predicted molar refractivity (Wildman–Crippen MR) is 91.9 cm³/mol. The molecule has 5 heteroatoms. The van der Waals surface area contributed by atoms with Gasteiger partial charge in [-0.25, -0.2) is 0 Å². The zero-order valence-corrected chi connectivity index (χ0v) is 14.7. The van der Waals surface area contributed by atoms with Crippen molar-refractivity contribution in [3.63, 3.8) is 0 Å². The van der Waals surface area contributed by atoms with E-state index in [0.29, 0.717) is 19.6 Å². The molecule has 1 saturated heterocycles. The largest absolute Gasteiger partial charge is 0.384 e. The molecule has 1 heterocycles. The molecule has 2 N–H and O–H groups in total. The maximum absolute atomic E-state index is 12.1. The van der Waals surface area contributed by atoms with E-state index in [2.05, 4.69) is 32.6 Å². The van der Waals surface area contributed by atoms with Crippen LogP contribution in [0.5, 0.6) is 0 Å². The van der Waals surface area contributed by atoms with Crippen molar-refractivity contribution in [3.05, 3.63) is 34.3 Å². The van der Waals surface area contributed by atoms with Gasteiger partial charge in [0.05, 0.1) is 6.61 Å². The van der Waals surface area contributed by atoms with Crippen LogP contribution in [0.1, 0.15) is 24.8 Å². The lowest BCUT2D eigenvalue weighted by molar-refractivity contribution is -0.122. The number of amides is 1. The van der Waals surface area contributed by atoms with Gasteiger partial charge in [0, 0.05) is 30.0 Å². The summed E-state index contributed by atoms with van der Waals surface area (Å²) in [5.41, 5.74) is 1.26. The lowest BCUT2D eigenvalue weighted by Crippen LogP contribution is -2.47. The molecule has 1 aliphatic rings. The lowest BCUT2D eigenvalue weighted by Gasteiger charge is -2.37. The highest BCUT2D eigenvalue weighted by atomic mass is 79.9. The highest BCUT2D eigenvalue weighted by Gasteiger charge is 2.32. The van der Waals surface area contributed by atoms with Crippen molar-refractivity contribution >= 4 is 21.8 Å². The van der Waals surface area contributed by atoms with Gasteiger partial charge in [-0.05, 0) is 44.0 Å². The lowest BCUT2D eigenvalue weighted by atomic mass is 9.79. The Morgan fingerprint density at radius 1 is 1.36 bits per heavy atom. The molecule has 1 aliphatic heterocycles. The Morgan fingerprint density at radius 3 is 2.77 bits per heavy atom. The highest BCUT2D eigenvalue weighted by Crippen LogP contribution is 2.28. The molecule has 122 valence electrons. The number of rotatable bonds is 7. The Bertz CT molecular complexity index is 482. The first-order valence-corrected chi connectivity index (χ1v) is 8.64. The molecule has 0 unspecified atom stereocenters. The van der Waals surface area contributed by atoms with Crippen LogP contribution < -0.4 is 10.6 Å². The van der Waals surface area contributed by atoms with Gasteiger partial charge in [0.1, 0.15) is 0 Å². The second-order valence-corrected chi connectivity index (χ2v) is 6.91. The molecule has 0 bridgehead atoms. The fourth-order valence-electron chi connectivity index (χ4n) is 2.96. The second-order valence-electron chi connectivity index (χ2n) is 6.05. The Labute approximate surface area is 141 Å². The molecule has 1 amide bonds. The maximum atomic E-state index is 12.1. The van der Waals surface area contributed by atoms with Gasteiger partial charge in [-0.3, -0.25) is 4.79 Å². The number of methoxy groups -OCH3 is 1. The summed E-state index contributed by atoms with van der Waals surface area (Å²) in [6.45, 7) is 3.41. The summed E-state index contributed by atoms with van der Waals surface area (Å²) in [5.74, 6) is 0.116. The van der Waals surface area contributed by atoms with Gasteiger partial charge in [-0.15, -0.1) is 0 Å². The zero-order valence-electron chi connectivity index (χ0n) is 13.2. The predicted octanol–water partition coefficient (Wildman–Crippen LogP) is 2.51. The van der Waals surface area contributed by atoms with Crippen molar-refractivity contribution in [1.82, 2.24) is 10.6 Å². The van der Waals surface area contributed by atoms with Crippen molar-refractivity contribution < 1.29 is 9.53 Å². The minimum absolute atomic E-state index is 0.0863. The molecule has 0 aliphatic carbocycles. The number of piperidine rings is 1. The molecule has 0 radical (unpaired) electrons. The molecule has 1 aromatic rings. The molecular formula is C17H25BrN2O2. The highest BCUT2D eigenvalue weighted by molar-refractivity contribution is 9.10. The number of halogens is 1. The summed E-state index contributed by atoms with van der Waals surface area (Å²) in [6.07, 6.45) is 3.37. The number of aryl methyl sites for hydroxylation is 1. The summed E-state index contributed by atoms with van der Waals surface area (Å²) in [5, 5.41) is 6.47. The van der Waals surface area contributed by atoms with Crippen LogP contribution in [-0.2, 0) is 16.0 Å². The topological polar surface area (TPSA) is 50.4 Å². The minimum Gasteiger partial charge on any atom is -0.384 e. The molecule has 4 nitrogen and oxygen atoms in total. The molecule has 0 atom stereocenters. The molecular weight excluding hydrogens is 344 g/mol. The van der Waals surface area contributed by atoms with E-state index in [1.165, 1.54) is 5.56 Å². The summed E-state index contributed by atoms with van der Waals surface area (Å²) < 4.78 is 6.44. The Kier molecular flexibility index (Phi) is 6.86. The van der Waals surface area contributed by atoms with Crippen molar-refractivity contribution in [2.75, 3.05) is 33.4 Å². The first kappa shape index (κ1) is 17.4. The maximum Gasteiger partial charge on any atom is 0.220 e. The molecule has 1 aromatic carbocycles. The van der Waals surface area contributed by atoms with Gasteiger partial charge >= 0.3 is 0 Å². The van der Waals surface area contributed by atoms with E-state index in [-0.39, 0.29) is 11.3 Å². The van der Waals surface area contributed by atoms with E-state index in [1.54, 1.807) is 7.11 Å². The van der Waals surface area contributed by atoms with Gasteiger partial charge in [0.25, 0.3) is 0 Å². The summed E-state index contributed by atoms with van der Waals surface area (Å²) in [7, 11) is 1.73. The smallest absolute Gasteiger partial charge is 0.220 e. The third kappa shape index (κ3) is 5.07. The molecule has 0 saturated carbocycles.